The first-order chi connectivity index (χ1) is 6.82. The van der Waals surface area contributed by atoms with E-state index in [4.69, 9.17) is 5.73 Å². The molecule has 1 aliphatic rings. The van der Waals surface area contributed by atoms with Gasteiger partial charge in [-0.15, -0.1) is 0 Å². The van der Waals surface area contributed by atoms with Crippen LogP contribution in [0.2, 0.25) is 0 Å². The molecule has 0 spiro atoms. The number of hydrogen-bond donors (Lipinski definition) is 2. The predicted octanol–water partition coefficient (Wildman–Crippen LogP) is 2.55. The van der Waals surface area contributed by atoms with Gasteiger partial charge in [0.25, 0.3) is 0 Å². The van der Waals surface area contributed by atoms with Crippen LogP contribution in [0.15, 0.2) is 0 Å². The van der Waals surface area contributed by atoms with E-state index in [1.807, 2.05) is 13.8 Å². The Labute approximate surface area is 94.2 Å². The van der Waals surface area contributed by atoms with Gasteiger partial charge in [-0.25, -0.2) is 0 Å². The molecular formula is C13H27NO. The van der Waals surface area contributed by atoms with Gasteiger partial charge >= 0.3 is 0 Å². The highest BCUT2D eigenvalue weighted by Crippen LogP contribution is 2.47. The lowest BCUT2D eigenvalue weighted by Gasteiger charge is -2.48. The molecule has 0 unspecified atom stereocenters. The van der Waals surface area contributed by atoms with Crippen LogP contribution in [-0.2, 0) is 0 Å². The monoisotopic (exact) mass is 213 g/mol. The Kier molecular flexibility index (Phi) is 3.83. The average Bonchev–Trinajstić information content (AvgIpc) is 2.16. The molecule has 1 rings (SSSR count). The second kappa shape index (κ2) is 4.42. The Morgan fingerprint density at radius 3 is 2.07 bits per heavy atom. The van der Waals surface area contributed by atoms with Crippen molar-refractivity contribution in [3.63, 3.8) is 0 Å². The van der Waals surface area contributed by atoms with Crippen LogP contribution in [-0.4, -0.2) is 17.3 Å². The van der Waals surface area contributed by atoms with Crippen molar-refractivity contribution in [2.24, 2.45) is 23.0 Å². The molecular weight excluding hydrogens is 186 g/mol. The molecule has 0 aromatic carbocycles. The molecule has 0 aromatic heterocycles. The minimum Gasteiger partial charge on any atom is -0.390 e. The van der Waals surface area contributed by atoms with Gasteiger partial charge in [0.2, 0.25) is 0 Å². The lowest BCUT2D eigenvalue weighted by Crippen LogP contribution is -2.51. The molecule has 90 valence electrons. The molecule has 0 heterocycles. The summed E-state index contributed by atoms with van der Waals surface area (Å²) in [7, 11) is 0. The summed E-state index contributed by atoms with van der Waals surface area (Å²) in [6.45, 7) is 9.03. The summed E-state index contributed by atoms with van der Waals surface area (Å²) in [5, 5.41) is 10.2. The van der Waals surface area contributed by atoms with E-state index in [0.717, 1.165) is 24.7 Å². The van der Waals surface area contributed by atoms with E-state index in [0.29, 0.717) is 6.54 Å². The van der Waals surface area contributed by atoms with E-state index in [2.05, 4.69) is 13.8 Å². The van der Waals surface area contributed by atoms with Crippen LogP contribution < -0.4 is 5.73 Å². The van der Waals surface area contributed by atoms with E-state index in [-0.39, 0.29) is 5.41 Å². The number of hydrogen-bond acceptors (Lipinski definition) is 2. The third kappa shape index (κ3) is 2.54. The predicted molar refractivity (Wildman–Crippen MR) is 64.6 cm³/mol. The maximum atomic E-state index is 10.2. The van der Waals surface area contributed by atoms with Gasteiger partial charge in [-0.3, -0.25) is 0 Å². The summed E-state index contributed by atoms with van der Waals surface area (Å²) in [5.74, 6) is 1.59. The SMILES string of the molecule is CC(C)C1CCC(CN)(C(C)(C)O)CC1. The van der Waals surface area contributed by atoms with Gasteiger partial charge in [0.05, 0.1) is 5.60 Å². The van der Waals surface area contributed by atoms with Crippen LogP contribution in [0.1, 0.15) is 53.4 Å². The summed E-state index contributed by atoms with van der Waals surface area (Å²) >= 11 is 0. The summed E-state index contributed by atoms with van der Waals surface area (Å²) in [6, 6.07) is 0. The molecule has 0 saturated heterocycles. The molecule has 2 nitrogen and oxygen atoms in total. The van der Waals surface area contributed by atoms with Gasteiger partial charge in [0.15, 0.2) is 0 Å². The van der Waals surface area contributed by atoms with Crippen LogP contribution in [0.3, 0.4) is 0 Å². The Morgan fingerprint density at radius 1 is 1.33 bits per heavy atom. The van der Waals surface area contributed by atoms with Crippen molar-refractivity contribution in [2.45, 2.75) is 59.0 Å². The maximum absolute atomic E-state index is 10.2. The highest BCUT2D eigenvalue weighted by atomic mass is 16.3. The fraction of sp³-hybridized carbons (Fsp3) is 1.00. The molecule has 0 aromatic rings. The summed E-state index contributed by atoms with van der Waals surface area (Å²) in [5.41, 5.74) is 5.21. The quantitative estimate of drug-likeness (QED) is 0.757. The van der Waals surface area contributed by atoms with Crippen molar-refractivity contribution in [2.75, 3.05) is 6.54 Å². The third-order valence-corrected chi connectivity index (χ3v) is 4.62. The summed E-state index contributed by atoms with van der Waals surface area (Å²) < 4.78 is 0. The average molecular weight is 213 g/mol. The topological polar surface area (TPSA) is 46.2 Å². The van der Waals surface area contributed by atoms with Crippen molar-refractivity contribution in [1.29, 1.82) is 0 Å². The molecule has 3 N–H and O–H groups in total. The molecule has 0 amide bonds. The van der Waals surface area contributed by atoms with Crippen molar-refractivity contribution in [1.82, 2.24) is 0 Å². The van der Waals surface area contributed by atoms with E-state index < -0.39 is 5.60 Å². The second-order valence-corrected chi connectivity index (χ2v) is 6.12. The second-order valence-electron chi connectivity index (χ2n) is 6.12. The Balaban J connectivity index is 2.67. The maximum Gasteiger partial charge on any atom is 0.0659 e. The minimum atomic E-state index is -0.635. The molecule has 1 saturated carbocycles. The van der Waals surface area contributed by atoms with E-state index in [1.54, 1.807) is 0 Å². The first-order valence-electron chi connectivity index (χ1n) is 6.25. The van der Waals surface area contributed by atoms with Gasteiger partial charge in [-0.2, -0.15) is 0 Å². The zero-order valence-electron chi connectivity index (χ0n) is 10.7. The van der Waals surface area contributed by atoms with Crippen molar-refractivity contribution in [3.8, 4) is 0 Å². The molecule has 2 heteroatoms. The van der Waals surface area contributed by atoms with Crippen LogP contribution in [0.4, 0.5) is 0 Å². The standard InChI is InChI=1S/C13H27NO/c1-10(2)11-5-7-13(9-14,8-6-11)12(3,4)15/h10-11,15H,5-9,14H2,1-4H3. The number of rotatable bonds is 3. The molecule has 0 aliphatic heterocycles. The summed E-state index contributed by atoms with van der Waals surface area (Å²) in [4.78, 5) is 0. The van der Waals surface area contributed by atoms with Crippen LogP contribution in [0, 0.1) is 17.3 Å². The van der Waals surface area contributed by atoms with Crippen molar-refractivity contribution < 1.29 is 5.11 Å². The van der Waals surface area contributed by atoms with E-state index in [1.165, 1.54) is 12.8 Å². The molecule has 1 fully saturated rings. The Hall–Kier alpha value is -0.0800. The van der Waals surface area contributed by atoms with Crippen molar-refractivity contribution in [3.05, 3.63) is 0 Å². The van der Waals surface area contributed by atoms with Gasteiger partial charge < -0.3 is 10.8 Å². The smallest absolute Gasteiger partial charge is 0.0659 e. The fourth-order valence-corrected chi connectivity index (χ4v) is 2.93. The Morgan fingerprint density at radius 2 is 1.80 bits per heavy atom. The van der Waals surface area contributed by atoms with Gasteiger partial charge in [-0.1, -0.05) is 13.8 Å². The normalized spacial score (nSPS) is 33.4. The highest BCUT2D eigenvalue weighted by molar-refractivity contribution is 4.97. The molecule has 1 aliphatic carbocycles. The molecule has 0 bridgehead atoms. The highest BCUT2D eigenvalue weighted by Gasteiger charge is 2.45. The fourth-order valence-electron chi connectivity index (χ4n) is 2.93. The molecule has 15 heavy (non-hydrogen) atoms. The largest absolute Gasteiger partial charge is 0.390 e. The van der Waals surface area contributed by atoms with Gasteiger partial charge in [-0.05, 0) is 51.4 Å². The van der Waals surface area contributed by atoms with Crippen molar-refractivity contribution >= 4 is 0 Å². The Bertz CT molecular complexity index is 197. The van der Waals surface area contributed by atoms with Crippen LogP contribution >= 0.6 is 0 Å². The zero-order chi connectivity index (χ0) is 11.7. The first-order valence-corrected chi connectivity index (χ1v) is 6.25. The lowest BCUT2D eigenvalue weighted by molar-refractivity contribution is -0.0805. The minimum absolute atomic E-state index is 0.0433. The third-order valence-electron chi connectivity index (χ3n) is 4.62. The van der Waals surface area contributed by atoms with Gasteiger partial charge in [0, 0.05) is 12.0 Å². The molecule has 0 atom stereocenters. The lowest BCUT2D eigenvalue weighted by atomic mass is 9.61. The van der Waals surface area contributed by atoms with E-state index in [9.17, 15) is 5.11 Å². The first kappa shape index (κ1) is 13.0. The van der Waals surface area contributed by atoms with Crippen LogP contribution in [0.5, 0.6) is 0 Å². The number of aliphatic hydroxyl groups is 1. The van der Waals surface area contributed by atoms with Crippen LogP contribution in [0.25, 0.3) is 0 Å². The summed E-state index contributed by atoms with van der Waals surface area (Å²) in [6.07, 6.45) is 4.60. The zero-order valence-corrected chi connectivity index (χ0v) is 10.7. The van der Waals surface area contributed by atoms with E-state index >= 15 is 0 Å². The number of nitrogens with two attached hydrogens (primary N) is 1. The molecule has 0 radical (unpaired) electrons. The van der Waals surface area contributed by atoms with Gasteiger partial charge in [0.1, 0.15) is 0 Å².